The van der Waals surface area contributed by atoms with Crippen LogP contribution in [-0.2, 0) is 12.4 Å². The molecule has 37 heavy (non-hydrogen) atoms. The molecule has 2 aliphatic rings. The standard InChI is InChI=1S/C25H18F6N4O2/c26-24(27,28)15-10-19(25(29,30)31)33-20(11-15)34-16-4-2-14(9-16)22(34)23-32-7-5-21(36)35(23)17-3-1-13-6-8-37-18(13)12-17/h1,3,5-8,10-12,14,16,22H,2,4,9H2/t14-,16+,22-/m0/s1. The molecule has 6 nitrogen and oxygen atoms in total. The molecule has 1 saturated heterocycles. The Morgan fingerprint density at radius 1 is 0.946 bits per heavy atom. The summed E-state index contributed by atoms with van der Waals surface area (Å²) in [5, 5.41) is 0.802. The van der Waals surface area contributed by atoms with Crippen molar-refractivity contribution in [1.29, 1.82) is 0 Å². The van der Waals surface area contributed by atoms with Crippen LogP contribution < -0.4 is 10.5 Å². The zero-order chi connectivity index (χ0) is 26.1. The van der Waals surface area contributed by atoms with Crippen molar-refractivity contribution >= 4 is 16.8 Å². The lowest BCUT2D eigenvalue weighted by Gasteiger charge is -2.37. The Labute approximate surface area is 205 Å². The van der Waals surface area contributed by atoms with Crippen LogP contribution in [0.4, 0.5) is 32.2 Å². The average molecular weight is 520 g/mol. The Hall–Kier alpha value is -3.83. The molecule has 4 heterocycles. The van der Waals surface area contributed by atoms with Gasteiger partial charge in [-0.05, 0) is 55.5 Å². The predicted molar refractivity (Wildman–Crippen MR) is 120 cm³/mol. The van der Waals surface area contributed by atoms with Crippen LogP contribution in [0.1, 0.15) is 42.4 Å². The SMILES string of the molecule is O=c1ccnc([C@@H]2[C@H]3CC[C@H](C3)N2c2cc(C(F)(F)F)cc(C(F)(F)F)n2)n1-c1ccc2ccoc2c1. The molecule has 1 aliphatic heterocycles. The van der Waals surface area contributed by atoms with Gasteiger partial charge in [-0.15, -0.1) is 0 Å². The third-order valence-electron chi connectivity index (χ3n) is 7.12. The van der Waals surface area contributed by atoms with Gasteiger partial charge in [-0.25, -0.2) is 9.97 Å². The lowest BCUT2D eigenvalue weighted by atomic mass is 9.97. The molecule has 0 amide bonds. The smallest absolute Gasteiger partial charge is 0.433 e. The molecule has 12 heteroatoms. The molecule has 0 radical (unpaired) electrons. The van der Waals surface area contributed by atoms with Crippen LogP contribution in [0.3, 0.4) is 0 Å². The molecule has 4 aromatic rings. The Morgan fingerprint density at radius 2 is 1.76 bits per heavy atom. The highest BCUT2D eigenvalue weighted by atomic mass is 19.4. The van der Waals surface area contributed by atoms with Crippen molar-refractivity contribution in [3.05, 3.63) is 82.4 Å². The van der Waals surface area contributed by atoms with E-state index in [1.165, 1.54) is 28.0 Å². The van der Waals surface area contributed by atoms with Crippen molar-refractivity contribution in [3.8, 4) is 5.69 Å². The molecule has 1 aromatic carbocycles. The summed E-state index contributed by atoms with van der Waals surface area (Å²) >= 11 is 0. The maximum Gasteiger partial charge on any atom is 0.433 e. The van der Waals surface area contributed by atoms with E-state index in [0.717, 1.165) is 5.39 Å². The number of furan rings is 1. The van der Waals surface area contributed by atoms with Crippen molar-refractivity contribution in [1.82, 2.24) is 14.5 Å². The van der Waals surface area contributed by atoms with Gasteiger partial charge in [-0.2, -0.15) is 26.3 Å². The number of hydrogen-bond acceptors (Lipinski definition) is 5. The molecule has 0 N–H and O–H groups in total. The zero-order valence-electron chi connectivity index (χ0n) is 18.9. The number of anilines is 1. The van der Waals surface area contributed by atoms with E-state index in [1.807, 2.05) is 0 Å². The molecule has 0 unspecified atom stereocenters. The third-order valence-corrected chi connectivity index (χ3v) is 7.12. The van der Waals surface area contributed by atoms with Crippen molar-refractivity contribution in [2.75, 3.05) is 4.90 Å². The van der Waals surface area contributed by atoms with Crippen LogP contribution in [0.15, 0.2) is 64.1 Å². The Kier molecular flexibility index (Phi) is 5.15. The second kappa shape index (κ2) is 8.09. The minimum atomic E-state index is -5.07. The fourth-order valence-corrected chi connectivity index (χ4v) is 5.58. The molecule has 3 atom stereocenters. The monoisotopic (exact) mass is 520 g/mol. The number of nitrogens with zero attached hydrogens (tertiary/aromatic N) is 4. The van der Waals surface area contributed by atoms with E-state index >= 15 is 0 Å². The van der Waals surface area contributed by atoms with E-state index in [1.54, 1.807) is 24.3 Å². The van der Waals surface area contributed by atoms with Crippen LogP contribution in [-0.4, -0.2) is 20.6 Å². The molecule has 192 valence electrons. The summed E-state index contributed by atoms with van der Waals surface area (Å²) in [5.74, 6) is -0.354. The van der Waals surface area contributed by atoms with Crippen LogP contribution in [0.25, 0.3) is 16.7 Å². The third kappa shape index (κ3) is 3.94. The normalized spacial score (nSPS) is 21.8. The summed E-state index contributed by atoms with van der Waals surface area (Å²) in [6.45, 7) is 0. The quantitative estimate of drug-likeness (QED) is 0.304. The van der Waals surface area contributed by atoms with Crippen molar-refractivity contribution in [2.24, 2.45) is 5.92 Å². The van der Waals surface area contributed by atoms with E-state index in [-0.39, 0.29) is 23.9 Å². The van der Waals surface area contributed by atoms with E-state index < -0.39 is 41.0 Å². The summed E-state index contributed by atoms with van der Waals surface area (Å²) in [5.41, 5.74) is -2.57. The number of halogens is 6. The predicted octanol–water partition coefficient (Wildman–Crippen LogP) is 6.14. The average Bonchev–Trinajstić information content (AvgIpc) is 3.58. The van der Waals surface area contributed by atoms with Gasteiger partial charge in [0.15, 0.2) is 0 Å². The van der Waals surface area contributed by atoms with Crippen molar-refractivity contribution in [2.45, 2.75) is 43.7 Å². The van der Waals surface area contributed by atoms with E-state index in [0.29, 0.717) is 36.6 Å². The Balaban J connectivity index is 1.53. The first-order valence-electron chi connectivity index (χ1n) is 11.5. The second-order valence-corrected chi connectivity index (χ2v) is 9.29. The Bertz CT molecular complexity index is 1530. The fraction of sp³-hybridized carbons (Fsp3) is 0.320. The summed E-state index contributed by atoms with van der Waals surface area (Å²) in [6, 6.07) is 7.64. The summed E-state index contributed by atoms with van der Waals surface area (Å²) in [6.07, 6.45) is -5.48. The molecule has 1 saturated carbocycles. The topological polar surface area (TPSA) is 64.2 Å². The summed E-state index contributed by atoms with van der Waals surface area (Å²) in [7, 11) is 0. The van der Waals surface area contributed by atoms with Crippen LogP contribution >= 0.6 is 0 Å². The highest BCUT2D eigenvalue weighted by Gasteiger charge is 2.50. The lowest BCUT2D eigenvalue weighted by Crippen LogP contribution is -2.39. The van der Waals surface area contributed by atoms with Crippen LogP contribution in [0.5, 0.6) is 0 Å². The largest absolute Gasteiger partial charge is 0.464 e. The number of piperidine rings is 1. The molecule has 3 aromatic heterocycles. The molecular weight excluding hydrogens is 502 g/mol. The van der Waals surface area contributed by atoms with Gasteiger partial charge in [-0.3, -0.25) is 9.36 Å². The number of rotatable bonds is 3. The van der Waals surface area contributed by atoms with E-state index in [2.05, 4.69) is 9.97 Å². The first kappa shape index (κ1) is 23.6. The number of fused-ring (bicyclic) bond motifs is 3. The first-order chi connectivity index (χ1) is 17.5. The maximum absolute atomic E-state index is 13.6. The van der Waals surface area contributed by atoms with Crippen molar-refractivity contribution < 1.29 is 30.8 Å². The van der Waals surface area contributed by atoms with Gasteiger partial charge in [0.25, 0.3) is 5.56 Å². The second-order valence-electron chi connectivity index (χ2n) is 9.29. The number of aromatic nitrogens is 3. The van der Waals surface area contributed by atoms with E-state index in [4.69, 9.17) is 4.42 Å². The Morgan fingerprint density at radius 3 is 2.51 bits per heavy atom. The minimum Gasteiger partial charge on any atom is -0.464 e. The van der Waals surface area contributed by atoms with Gasteiger partial charge in [-0.1, -0.05) is 0 Å². The molecule has 1 aliphatic carbocycles. The first-order valence-corrected chi connectivity index (χ1v) is 11.5. The van der Waals surface area contributed by atoms with Gasteiger partial charge in [0, 0.05) is 29.8 Å². The van der Waals surface area contributed by atoms with Gasteiger partial charge in [0.2, 0.25) is 0 Å². The summed E-state index contributed by atoms with van der Waals surface area (Å²) in [4.78, 5) is 22.6. The van der Waals surface area contributed by atoms with Gasteiger partial charge < -0.3 is 9.32 Å². The van der Waals surface area contributed by atoms with Crippen molar-refractivity contribution in [3.63, 3.8) is 0 Å². The fourth-order valence-electron chi connectivity index (χ4n) is 5.58. The molecule has 2 fully saturated rings. The number of hydrogen-bond donors (Lipinski definition) is 0. The van der Waals surface area contributed by atoms with Crippen LogP contribution in [0, 0.1) is 5.92 Å². The minimum absolute atomic E-state index is 0.0160. The van der Waals surface area contributed by atoms with Crippen LogP contribution in [0.2, 0.25) is 0 Å². The summed E-state index contributed by atoms with van der Waals surface area (Å²) < 4.78 is 88.2. The molecule has 6 rings (SSSR count). The van der Waals surface area contributed by atoms with E-state index in [9.17, 15) is 31.1 Å². The molecular formula is C25H18F6N4O2. The number of alkyl halides is 6. The zero-order valence-corrected chi connectivity index (χ0v) is 18.9. The molecule has 0 spiro atoms. The van der Waals surface area contributed by atoms with Gasteiger partial charge in [0.05, 0.1) is 23.6 Å². The number of pyridine rings is 1. The number of benzene rings is 1. The van der Waals surface area contributed by atoms with Gasteiger partial charge >= 0.3 is 12.4 Å². The highest BCUT2D eigenvalue weighted by molar-refractivity contribution is 5.79. The highest BCUT2D eigenvalue weighted by Crippen LogP contribution is 2.52. The molecule has 2 bridgehead atoms. The maximum atomic E-state index is 13.6. The van der Waals surface area contributed by atoms with Gasteiger partial charge in [0.1, 0.15) is 22.9 Å². The lowest BCUT2D eigenvalue weighted by molar-refractivity contribution is -0.145.